The van der Waals surface area contributed by atoms with Crippen LogP contribution in [0.3, 0.4) is 0 Å². The molecule has 1 aromatic carbocycles. The monoisotopic (exact) mass is 273 g/mol. The van der Waals surface area contributed by atoms with Crippen LogP contribution < -0.4 is 10.2 Å². The van der Waals surface area contributed by atoms with Crippen molar-refractivity contribution in [3.8, 4) is 0 Å². The highest BCUT2D eigenvalue weighted by Gasteiger charge is 2.12. The molecule has 0 saturated heterocycles. The molecular formula is C16H20FN3. The van der Waals surface area contributed by atoms with E-state index in [9.17, 15) is 4.39 Å². The van der Waals surface area contributed by atoms with Crippen molar-refractivity contribution in [1.82, 2.24) is 4.98 Å². The SMILES string of the molecule is CCCNc1cc(N(CC)c2ccccc2F)ccn1. The Morgan fingerprint density at radius 1 is 1.20 bits per heavy atom. The number of aromatic nitrogens is 1. The van der Waals surface area contributed by atoms with E-state index in [-0.39, 0.29) is 5.82 Å². The number of hydrogen-bond acceptors (Lipinski definition) is 3. The van der Waals surface area contributed by atoms with E-state index < -0.39 is 0 Å². The number of benzene rings is 1. The van der Waals surface area contributed by atoms with Crippen LogP contribution in [0.2, 0.25) is 0 Å². The lowest BCUT2D eigenvalue weighted by Gasteiger charge is -2.24. The maximum atomic E-state index is 13.9. The average molecular weight is 273 g/mol. The predicted molar refractivity (Wildman–Crippen MR) is 82.1 cm³/mol. The number of pyridine rings is 1. The van der Waals surface area contributed by atoms with Crippen LogP contribution in [0.15, 0.2) is 42.6 Å². The third-order valence-corrected chi connectivity index (χ3v) is 3.07. The molecule has 1 N–H and O–H groups in total. The van der Waals surface area contributed by atoms with Crippen LogP contribution >= 0.6 is 0 Å². The average Bonchev–Trinajstić information content (AvgIpc) is 2.48. The van der Waals surface area contributed by atoms with Crippen molar-refractivity contribution < 1.29 is 4.39 Å². The Labute approximate surface area is 119 Å². The quantitative estimate of drug-likeness (QED) is 0.855. The van der Waals surface area contributed by atoms with Crippen molar-refractivity contribution in [3.05, 3.63) is 48.4 Å². The Kier molecular flexibility index (Phi) is 4.93. The van der Waals surface area contributed by atoms with E-state index in [1.54, 1.807) is 18.3 Å². The lowest BCUT2D eigenvalue weighted by molar-refractivity contribution is 0.625. The number of para-hydroxylation sites is 1. The van der Waals surface area contributed by atoms with E-state index in [0.29, 0.717) is 12.2 Å². The van der Waals surface area contributed by atoms with Gasteiger partial charge >= 0.3 is 0 Å². The minimum absolute atomic E-state index is 0.214. The molecule has 0 fully saturated rings. The molecule has 0 amide bonds. The van der Waals surface area contributed by atoms with Gasteiger partial charge in [0.2, 0.25) is 0 Å². The summed E-state index contributed by atoms with van der Waals surface area (Å²) in [6, 6.07) is 10.7. The molecule has 106 valence electrons. The lowest BCUT2D eigenvalue weighted by Crippen LogP contribution is -2.17. The summed E-state index contributed by atoms with van der Waals surface area (Å²) in [5, 5.41) is 3.25. The van der Waals surface area contributed by atoms with Crippen LogP contribution in [-0.4, -0.2) is 18.1 Å². The molecular weight excluding hydrogens is 253 g/mol. The summed E-state index contributed by atoms with van der Waals surface area (Å²) in [6.07, 6.45) is 2.79. The van der Waals surface area contributed by atoms with Gasteiger partial charge in [-0.25, -0.2) is 9.37 Å². The topological polar surface area (TPSA) is 28.2 Å². The van der Waals surface area contributed by atoms with Crippen LogP contribution in [0.1, 0.15) is 20.3 Å². The van der Waals surface area contributed by atoms with Crippen molar-refractivity contribution in [2.45, 2.75) is 20.3 Å². The van der Waals surface area contributed by atoms with Crippen molar-refractivity contribution >= 4 is 17.2 Å². The predicted octanol–water partition coefficient (Wildman–Crippen LogP) is 4.20. The molecule has 0 radical (unpaired) electrons. The van der Waals surface area contributed by atoms with Gasteiger partial charge in [0.05, 0.1) is 5.69 Å². The van der Waals surface area contributed by atoms with Crippen molar-refractivity contribution in [1.29, 1.82) is 0 Å². The standard InChI is InChI=1S/C16H20FN3/c1-3-10-18-16-12-13(9-11-19-16)20(4-2)15-8-6-5-7-14(15)17/h5-9,11-12H,3-4,10H2,1-2H3,(H,18,19). The van der Waals surface area contributed by atoms with Gasteiger partial charge < -0.3 is 10.2 Å². The number of rotatable bonds is 6. The smallest absolute Gasteiger partial charge is 0.146 e. The Hall–Kier alpha value is -2.10. The molecule has 2 rings (SSSR count). The highest BCUT2D eigenvalue weighted by Crippen LogP contribution is 2.28. The van der Waals surface area contributed by atoms with E-state index in [4.69, 9.17) is 0 Å². The molecule has 4 heteroatoms. The Bertz CT molecular complexity index is 557. The van der Waals surface area contributed by atoms with E-state index >= 15 is 0 Å². The van der Waals surface area contributed by atoms with Crippen LogP contribution in [-0.2, 0) is 0 Å². The minimum Gasteiger partial charge on any atom is -0.370 e. The third-order valence-electron chi connectivity index (χ3n) is 3.07. The third kappa shape index (κ3) is 3.26. The molecule has 0 unspecified atom stereocenters. The van der Waals surface area contributed by atoms with Gasteiger partial charge in [-0.2, -0.15) is 0 Å². The molecule has 1 aromatic heterocycles. The molecule has 0 aliphatic carbocycles. The van der Waals surface area contributed by atoms with E-state index in [0.717, 1.165) is 24.5 Å². The normalized spacial score (nSPS) is 10.3. The second-order valence-corrected chi connectivity index (χ2v) is 4.52. The first-order valence-corrected chi connectivity index (χ1v) is 6.98. The zero-order valence-corrected chi connectivity index (χ0v) is 11.9. The Morgan fingerprint density at radius 3 is 2.70 bits per heavy atom. The van der Waals surface area contributed by atoms with E-state index in [1.165, 1.54) is 6.07 Å². The van der Waals surface area contributed by atoms with Crippen LogP contribution in [0, 0.1) is 5.82 Å². The molecule has 0 saturated carbocycles. The molecule has 20 heavy (non-hydrogen) atoms. The zero-order valence-electron chi connectivity index (χ0n) is 11.9. The second-order valence-electron chi connectivity index (χ2n) is 4.52. The molecule has 3 nitrogen and oxygen atoms in total. The van der Waals surface area contributed by atoms with E-state index in [2.05, 4.69) is 17.2 Å². The molecule has 2 aromatic rings. The summed E-state index contributed by atoms with van der Waals surface area (Å²) in [7, 11) is 0. The van der Waals surface area contributed by atoms with Crippen molar-refractivity contribution in [3.63, 3.8) is 0 Å². The fourth-order valence-electron chi connectivity index (χ4n) is 2.10. The van der Waals surface area contributed by atoms with Gasteiger partial charge in [0.1, 0.15) is 11.6 Å². The van der Waals surface area contributed by atoms with Gasteiger partial charge in [0.15, 0.2) is 0 Å². The molecule has 1 heterocycles. The first-order chi connectivity index (χ1) is 9.76. The summed E-state index contributed by atoms with van der Waals surface area (Å²) >= 11 is 0. The van der Waals surface area contributed by atoms with Gasteiger partial charge in [0.25, 0.3) is 0 Å². The summed E-state index contributed by atoms with van der Waals surface area (Å²) in [6.45, 7) is 5.68. The summed E-state index contributed by atoms with van der Waals surface area (Å²) < 4.78 is 13.9. The zero-order chi connectivity index (χ0) is 14.4. The maximum absolute atomic E-state index is 13.9. The Morgan fingerprint density at radius 2 is 2.00 bits per heavy atom. The fraction of sp³-hybridized carbons (Fsp3) is 0.312. The molecule has 0 aliphatic heterocycles. The van der Waals surface area contributed by atoms with Gasteiger partial charge in [-0.1, -0.05) is 19.1 Å². The first-order valence-electron chi connectivity index (χ1n) is 6.98. The largest absolute Gasteiger partial charge is 0.370 e. The van der Waals surface area contributed by atoms with Gasteiger partial charge in [-0.05, 0) is 31.5 Å². The number of anilines is 3. The number of halogens is 1. The molecule has 0 spiro atoms. The van der Waals surface area contributed by atoms with Gasteiger partial charge in [0, 0.05) is 31.0 Å². The highest BCUT2D eigenvalue weighted by atomic mass is 19.1. The van der Waals surface area contributed by atoms with E-state index in [1.807, 2.05) is 30.0 Å². The molecule has 0 bridgehead atoms. The first kappa shape index (κ1) is 14.3. The van der Waals surface area contributed by atoms with Crippen LogP contribution in [0.4, 0.5) is 21.6 Å². The maximum Gasteiger partial charge on any atom is 0.146 e. The summed E-state index contributed by atoms with van der Waals surface area (Å²) in [5.74, 6) is 0.605. The second kappa shape index (κ2) is 6.89. The van der Waals surface area contributed by atoms with Crippen molar-refractivity contribution in [2.24, 2.45) is 0 Å². The fourth-order valence-corrected chi connectivity index (χ4v) is 2.10. The van der Waals surface area contributed by atoms with Gasteiger partial charge in [-0.3, -0.25) is 0 Å². The van der Waals surface area contributed by atoms with Crippen LogP contribution in [0.5, 0.6) is 0 Å². The summed E-state index contributed by atoms with van der Waals surface area (Å²) in [5.41, 5.74) is 1.52. The highest BCUT2D eigenvalue weighted by molar-refractivity contribution is 5.65. The number of nitrogens with zero attached hydrogens (tertiary/aromatic N) is 2. The Balaban J connectivity index is 2.30. The van der Waals surface area contributed by atoms with Gasteiger partial charge in [-0.15, -0.1) is 0 Å². The summed E-state index contributed by atoms with van der Waals surface area (Å²) in [4.78, 5) is 6.22. The lowest BCUT2D eigenvalue weighted by atomic mass is 10.2. The number of hydrogen-bond donors (Lipinski definition) is 1. The number of nitrogens with one attached hydrogen (secondary N) is 1. The minimum atomic E-state index is -0.214. The molecule has 0 aliphatic rings. The van der Waals surface area contributed by atoms with Crippen molar-refractivity contribution in [2.75, 3.05) is 23.3 Å². The molecule has 0 atom stereocenters. The van der Waals surface area contributed by atoms with Crippen LogP contribution in [0.25, 0.3) is 0 Å².